The molecule has 0 aromatic carbocycles. The van der Waals surface area contributed by atoms with Gasteiger partial charge in [0.25, 0.3) is 0 Å². The second-order valence-corrected chi connectivity index (χ2v) is 4.73. The fraction of sp³-hybridized carbons (Fsp3) is 0.583. The van der Waals surface area contributed by atoms with E-state index in [1.807, 2.05) is 19.4 Å². The van der Waals surface area contributed by atoms with Crippen LogP contribution in [0.4, 0.5) is 11.4 Å². The first-order valence-electron chi connectivity index (χ1n) is 5.59. The van der Waals surface area contributed by atoms with E-state index < -0.39 is 0 Å². The molecule has 0 atom stereocenters. The van der Waals surface area contributed by atoms with Gasteiger partial charge in [-0.25, -0.2) is 0 Å². The predicted molar refractivity (Wildman–Crippen MR) is 64.2 cm³/mol. The second-order valence-electron chi connectivity index (χ2n) is 4.73. The molecule has 82 valence electrons. The number of nitrogens with zero attached hydrogens (tertiary/aromatic N) is 1. The zero-order chi connectivity index (χ0) is 10.7. The van der Waals surface area contributed by atoms with Gasteiger partial charge in [0.05, 0.1) is 23.8 Å². The summed E-state index contributed by atoms with van der Waals surface area (Å²) in [6, 6.07) is 2.09. The first-order chi connectivity index (χ1) is 7.22. The Morgan fingerprint density at radius 2 is 2.07 bits per heavy atom. The van der Waals surface area contributed by atoms with Crippen molar-refractivity contribution in [1.29, 1.82) is 0 Å². The van der Waals surface area contributed by atoms with Crippen LogP contribution in [0.3, 0.4) is 0 Å². The average Bonchev–Trinajstić information content (AvgIpc) is 2.24. The van der Waals surface area contributed by atoms with Gasteiger partial charge in [-0.05, 0) is 24.3 Å². The van der Waals surface area contributed by atoms with Crippen LogP contribution in [-0.4, -0.2) is 18.6 Å². The van der Waals surface area contributed by atoms with Crippen LogP contribution in [0.15, 0.2) is 18.5 Å². The fourth-order valence-corrected chi connectivity index (χ4v) is 1.95. The fourth-order valence-electron chi connectivity index (χ4n) is 1.95. The van der Waals surface area contributed by atoms with Gasteiger partial charge >= 0.3 is 0 Å². The van der Waals surface area contributed by atoms with Gasteiger partial charge in [-0.15, -0.1) is 0 Å². The summed E-state index contributed by atoms with van der Waals surface area (Å²) in [5, 5.41) is 6.55. The van der Waals surface area contributed by atoms with E-state index >= 15 is 0 Å². The van der Waals surface area contributed by atoms with Crippen LogP contribution in [0.1, 0.15) is 26.2 Å². The van der Waals surface area contributed by atoms with Gasteiger partial charge in [0.2, 0.25) is 0 Å². The number of hydrogen-bond acceptors (Lipinski definition) is 3. The zero-order valence-corrected chi connectivity index (χ0v) is 9.51. The summed E-state index contributed by atoms with van der Waals surface area (Å²) >= 11 is 0. The van der Waals surface area contributed by atoms with Crippen LogP contribution in [0.2, 0.25) is 0 Å². The number of pyridine rings is 1. The number of nitrogens with one attached hydrogen (secondary N) is 2. The van der Waals surface area contributed by atoms with Crippen molar-refractivity contribution in [3.63, 3.8) is 0 Å². The lowest BCUT2D eigenvalue weighted by molar-refractivity contribution is 0.180. The summed E-state index contributed by atoms with van der Waals surface area (Å²) in [5.41, 5.74) is 2.67. The molecule has 1 fully saturated rings. The summed E-state index contributed by atoms with van der Waals surface area (Å²) in [4.78, 5) is 4.17. The molecule has 2 N–H and O–H groups in total. The molecular weight excluding hydrogens is 186 g/mol. The number of aromatic nitrogens is 1. The van der Waals surface area contributed by atoms with Gasteiger partial charge in [-0.3, -0.25) is 4.98 Å². The van der Waals surface area contributed by atoms with E-state index in [1.54, 1.807) is 0 Å². The van der Waals surface area contributed by atoms with Crippen molar-refractivity contribution in [2.75, 3.05) is 24.2 Å². The monoisotopic (exact) mass is 205 g/mol. The Labute approximate surface area is 91.3 Å². The van der Waals surface area contributed by atoms with Gasteiger partial charge < -0.3 is 10.6 Å². The molecule has 0 amide bonds. The number of rotatable bonds is 4. The molecule has 0 unspecified atom stereocenters. The molecule has 0 saturated heterocycles. The Morgan fingerprint density at radius 1 is 1.33 bits per heavy atom. The van der Waals surface area contributed by atoms with E-state index in [0.717, 1.165) is 17.9 Å². The van der Waals surface area contributed by atoms with E-state index in [9.17, 15) is 0 Å². The van der Waals surface area contributed by atoms with E-state index in [0.29, 0.717) is 5.41 Å². The van der Waals surface area contributed by atoms with Crippen molar-refractivity contribution in [2.45, 2.75) is 26.2 Å². The Bertz CT molecular complexity index is 331. The van der Waals surface area contributed by atoms with Crippen molar-refractivity contribution < 1.29 is 0 Å². The SMILES string of the molecule is CNc1cncc(NCC2(C)CCC2)c1. The van der Waals surface area contributed by atoms with Crippen LogP contribution in [0.25, 0.3) is 0 Å². The smallest absolute Gasteiger partial charge is 0.0547 e. The standard InChI is InChI=1S/C12H19N3/c1-12(4-3-5-12)9-15-11-6-10(13-2)7-14-8-11/h6-8,13,15H,3-5,9H2,1-2H3. The highest BCUT2D eigenvalue weighted by molar-refractivity contribution is 5.53. The summed E-state index contributed by atoms with van der Waals surface area (Å²) in [6.07, 6.45) is 7.78. The highest BCUT2D eigenvalue weighted by Gasteiger charge is 2.31. The van der Waals surface area contributed by atoms with Crippen LogP contribution in [0, 0.1) is 5.41 Å². The molecule has 3 nitrogen and oxygen atoms in total. The minimum absolute atomic E-state index is 0.510. The minimum atomic E-state index is 0.510. The highest BCUT2D eigenvalue weighted by atomic mass is 14.9. The van der Waals surface area contributed by atoms with Crippen LogP contribution >= 0.6 is 0 Å². The van der Waals surface area contributed by atoms with Crippen molar-refractivity contribution >= 4 is 11.4 Å². The maximum absolute atomic E-state index is 4.17. The van der Waals surface area contributed by atoms with Crippen LogP contribution in [-0.2, 0) is 0 Å². The number of hydrogen-bond donors (Lipinski definition) is 2. The van der Waals surface area contributed by atoms with Gasteiger partial charge in [0.1, 0.15) is 0 Å². The molecule has 3 heteroatoms. The van der Waals surface area contributed by atoms with Crippen molar-refractivity contribution in [3.05, 3.63) is 18.5 Å². The van der Waals surface area contributed by atoms with Gasteiger partial charge in [0.15, 0.2) is 0 Å². The Balaban J connectivity index is 1.92. The highest BCUT2D eigenvalue weighted by Crippen LogP contribution is 2.40. The lowest BCUT2D eigenvalue weighted by Gasteiger charge is -2.38. The molecule has 1 aliphatic carbocycles. The third kappa shape index (κ3) is 2.41. The molecule has 1 heterocycles. The molecule has 2 rings (SSSR count). The van der Waals surface area contributed by atoms with Crippen molar-refractivity contribution in [1.82, 2.24) is 4.98 Å². The largest absolute Gasteiger partial charge is 0.387 e. The average molecular weight is 205 g/mol. The lowest BCUT2D eigenvalue weighted by Crippen LogP contribution is -2.33. The van der Waals surface area contributed by atoms with E-state index in [4.69, 9.17) is 0 Å². The molecule has 1 aliphatic rings. The van der Waals surface area contributed by atoms with Crippen LogP contribution < -0.4 is 10.6 Å². The maximum Gasteiger partial charge on any atom is 0.0547 e. The molecule has 1 aromatic rings. The predicted octanol–water partition coefficient (Wildman–Crippen LogP) is 2.73. The third-order valence-electron chi connectivity index (χ3n) is 3.31. The molecule has 0 radical (unpaired) electrons. The summed E-state index contributed by atoms with van der Waals surface area (Å²) in [6.45, 7) is 3.40. The first-order valence-corrected chi connectivity index (χ1v) is 5.59. The van der Waals surface area contributed by atoms with Gasteiger partial charge in [-0.2, -0.15) is 0 Å². The Kier molecular flexibility index (Phi) is 2.80. The maximum atomic E-state index is 4.17. The third-order valence-corrected chi connectivity index (χ3v) is 3.31. The Hall–Kier alpha value is -1.25. The molecule has 1 aromatic heterocycles. The van der Waals surface area contributed by atoms with Crippen molar-refractivity contribution in [3.8, 4) is 0 Å². The quantitative estimate of drug-likeness (QED) is 0.793. The molecule has 0 aliphatic heterocycles. The van der Waals surface area contributed by atoms with E-state index in [-0.39, 0.29) is 0 Å². The zero-order valence-electron chi connectivity index (χ0n) is 9.51. The minimum Gasteiger partial charge on any atom is -0.387 e. The molecular formula is C12H19N3. The molecule has 0 bridgehead atoms. The molecule has 15 heavy (non-hydrogen) atoms. The van der Waals surface area contributed by atoms with Gasteiger partial charge in [0, 0.05) is 13.6 Å². The van der Waals surface area contributed by atoms with E-state index in [1.165, 1.54) is 19.3 Å². The molecule has 1 saturated carbocycles. The van der Waals surface area contributed by atoms with Crippen LogP contribution in [0.5, 0.6) is 0 Å². The normalized spacial score (nSPS) is 18.0. The first kappa shape index (κ1) is 10.3. The van der Waals surface area contributed by atoms with Gasteiger partial charge in [-0.1, -0.05) is 13.3 Å². The second kappa shape index (κ2) is 4.09. The summed E-state index contributed by atoms with van der Waals surface area (Å²) in [7, 11) is 1.91. The summed E-state index contributed by atoms with van der Waals surface area (Å²) < 4.78 is 0. The topological polar surface area (TPSA) is 37.0 Å². The summed E-state index contributed by atoms with van der Waals surface area (Å²) in [5.74, 6) is 0. The molecule has 0 spiro atoms. The Morgan fingerprint density at radius 3 is 2.67 bits per heavy atom. The lowest BCUT2D eigenvalue weighted by atomic mass is 9.70. The van der Waals surface area contributed by atoms with E-state index in [2.05, 4.69) is 28.6 Å². The van der Waals surface area contributed by atoms with Crippen molar-refractivity contribution in [2.24, 2.45) is 5.41 Å². The number of anilines is 2.